The largest absolute Gasteiger partial charge is 0.349 e. The second-order valence-electron chi connectivity index (χ2n) is 5.60. The Labute approximate surface area is 141 Å². The Hall–Kier alpha value is -2.55. The predicted octanol–water partition coefficient (Wildman–Crippen LogP) is 2.80. The monoisotopic (exact) mass is 370 g/mol. The molecule has 1 amide bonds. The highest BCUT2D eigenvalue weighted by Crippen LogP contribution is 2.23. The number of hydrogen-bond acceptors (Lipinski definition) is 3. The Morgan fingerprint density at radius 2 is 1.60 bits per heavy atom. The third-order valence-corrected chi connectivity index (χ3v) is 5.00. The third-order valence-electron chi connectivity index (χ3n) is 3.62. The van der Waals surface area contributed by atoms with Gasteiger partial charge in [0.2, 0.25) is 0 Å². The fraction of sp³-hybridized carbons (Fsp3) is 0.188. The SMILES string of the molecule is O=C(NC1CC1)c1ccc(S(=O)(=O)Nc2ccc(F)c(F)c2F)cc1. The van der Waals surface area contributed by atoms with Crippen molar-refractivity contribution in [2.45, 2.75) is 23.8 Å². The molecule has 0 atom stereocenters. The molecule has 25 heavy (non-hydrogen) atoms. The van der Waals surface area contributed by atoms with Crippen LogP contribution in [0.1, 0.15) is 23.2 Å². The molecule has 0 heterocycles. The van der Waals surface area contributed by atoms with Gasteiger partial charge in [-0.05, 0) is 49.2 Å². The summed E-state index contributed by atoms with van der Waals surface area (Å²) in [6, 6.07) is 6.52. The van der Waals surface area contributed by atoms with Crippen molar-refractivity contribution in [2.75, 3.05) is 4.72 Å². The van der Waals surface area contributed by atoms with Gasteiger partial charge < -0.3 is 5.32 Å². The highest BCUT2D eigenvalue weighted by molar-refractivity contribution is 7.92. The van der Waals surface area contributed by atoms with E-state index in [0.717, 1.165) is 18.9 Å². The molecule has 1 saturated carbocycles. The van der Waals surface area contributed by atoms with Crippen molar-refractivity contribution in [1.29, 1.82) is 0 Å². The van der Waals surface area contributed by atoms with E-state index in [2.05, 4.69) is 5.32 Å². The lowest BCUT2D eigenvalue weighted by atomic mass is 10.2. The summed E-state index contributed by atoms with van der Waals surface area (Å²) in [7, 11) is -4.23. The van der Waals surface area contributed by atoms with Gasteiger partial charge in [-0.3, -0.25) is 9.52 Å². The standard InChI is InChI=1S/C16H13F3N2O3S/c17-12-7-8-13(15(19)14(12)18)21-25(23,24)11-5-1-9(2-6-11)16(22)20-10-3-4-10/h1-2,5-8,10,21H,3-4H2,(H,20,22). The normalized spacial score (nSPS) is 14.2. The van der Waals surface area contributed by atoms with Crippen LogP contribution in [-0.4, -0.2) is 20.4 Å². The lowest BCUT2D eigenvalue weighted by Crippen LogP contribution is -2.25. The summed E-state index contributed by atoms with van der Waals surface area (Å²) in [4.78, 5) is 11.6. The van der Waals surface area contributed by atoms with Crippen LogP contribution in [-0.2, 0) is 10.0 Å². The van der Waals surface area contributed by atoms with Gasteiger partial charge in [0.1, 0.15) is 0 Å². The minimum atomic E-state index is -4.23. The molecule has 2 N–H and O–H groups in total. The van der Waals surface area contributed by atoms with Gasteiger partial charge in [0, 0.05) is 11.6 Å². The fourth-order valence-corrected chi connectivity index (χ4v) is 3.15. The van der Waals surface area contributed by atoms with Crippen molar-refractivity contribution in [1.82, 2.24) is 5.32 Å². The average molecular weight is 370 g/mol. The molecule has 0 unspecified atom stereocenters. The van der Waals surface area contributed by atoms with Gasteiger partial charge in [-0.2, -0.15) is 0 Å². The summed E-state index contributed by atoms with van der Waals surface area (Å²) in [6.07, 6.45) is 1.84. The van der Waals surface area contributed by atoms with E-state index in [1.54, 1.807) is 0 Å². The maximum absolute atomic E-state index is 13.6. The van der Waals surface area contributed by atoms with Gasteiger partial charge in [-0.15, -0.1) is 0 Å². The molecule has 132 valence electrons. The Balaban J connectivity index is 1.80. The second-order valence-corrected chi connectivity index (χ2v) is 7.28. The van der Waals surface area contributed by atoms with Crippen molar-refractivity contribution in [2.24, 2.45) is 0 Å². The molecule has 5 nitrogen and oxygen atoms in total. The summed E-state index contributed by atoms with van der Waals surface area (Å²) in [5, 5.41) is 2.76. The predicted molar refractivity (Wildman–Crippen MR) is 84.1 cm³/mol. The summed E-state index contributed by atoms with van der Waals surface area (Å²) in [5.74, 6) is -5.14. The zero-order valence-corrected chi connectivity index (χ0v) is 13.5. The molecule has 2 aromatic carbocycles. The van der Waals surface area contributed by atoms with E-state index in [4.69, 9.17) is 0 Å². The second kappa shape index (κ2) is 6.40. The maximum Gasteiger partial charge on any atom is 0.261 e. The van der Waals surface area contributed by atoms with E-state index < -0.39 is 33.2 Å². The number of carbonyl (C=O) groups excluding carboxylic acids is 1. The molecule has 0 saturated heterocycles. The Morgan fingerprint density at radius 1 is 0.960 bits per heavy atom. The summed E-state index contributed by atoms with van der Waals surface area (Å²) in [6.45, 7) is 0. The molecule has 0 bridgehead atoms. The number of nitrogens with one attached hydrogen (secondary N) is 2. The van der Waals surface area contributed by atoms with Gasteiger partial charge in [0.25, 0.3) is 15.9 Å². The molecule has 0 radical (unpaired) electrons. The summed E-state index contributed by atoms with van der Waals surface area (Å²) >= 11 is 0. The van der Waals surface area contributed by atoms with Crippen LogP contribution in [0.25, 0.3) is 0 Å². The van der Waals surface area contributed by atoms with Crippen LogP contribution < -0.4 is 10.0 Å². The molecular formula is C16H13F3N2O3S. The zero-order chi connectivity index (χ0) is 18.2. The molecule has 1 aliphatic rings. The first kappa shape index (κ1) is 17.3. The van der Waals surface area contributed by atoms with E-state index >= 15 is 0 Å². The average Bonchev–Trinajstić information content (AvgIpc) is 3.39. The first-order valence-electron chi connectivity index (χ1n) is 7.35. The lowest BCUT2D eigenvalue weighted by molar-refractivity contribution is 0.0951. The molecule has 0 aliphatic heterocycles. The zero-order valence-electron chi connectivity index (χ0n) is 12.7. The number of hydrogen-bond donors (Lipinski definition) is 2. The van der Waals surface area contributed by atoms with Gasteiger partial charge >= 0.3 is 0 Å². The van der Waals surface area contributed by atoms with Crippen LogP contribution in [0.2, 0.25) is 0 Å². The Kier molecular flexibility index (Phi) is 4.42. The minimum Gasteiger partial charge on any atom is -0.349 e. The number of carbonyl (C=O) groups is 1. The van der Waals surface area contributed by atoms with Crippen LogP contribution in [0, 0.1) is 17.5 Å². The van der Waals surface area contributed by atoms with Crippen LogP contribution in [0.15, 0.2) is 41.3 Å². The van der Waals surface area contributed by atoms with Gasteiger partial charge in [-0.1, -0.05) is 0 Å². The van der Waals surface area contributed by atoms with Crippen LogP contribution in [0.5, 0.6) is 0 Å². The fourth-order valence-electron chi connectivity index (χ4n) is 2.09. The minimum absolute atomic E-state index is 0.161. The van der Waals surface area contributed by atoms with Crippen LogP contribution >= 0.6 is 0 Å². The molecule has 3 rings (SSSR count). The number of rotatable bonds is 5. The molecule has 0 spiro atoms. The summed E-state index contributed by atoms with van der Waals surface area (Å²) < 4.78 is 66.0. The van der Waals surface area contributed by atoms with Crippen molar-refractivity contribution in [3.63, 3.8) is 0 Å². The van der Waals surface area contributed by atoms with Crippen LogP contribution in [0.3, 0.4) is 0 Å². The summed E-state index contributed by atoms with van der Waals surface area (Å²) in [5.41, 5.74) is -0.431. The number of sulfonamides is 1. The van der Waals surface area contributed by atoms with Gasteiger partial charge in [-0.25, -0.2) is 21.6 Å². The number of benzene rings is 2. The molecule has 1 aliphatic carbocycles. The highest BCUT2D eigenvalue weighted by atomic mass is 32.2. The molecule has 1 fully saturated rings. The van der Waals surface area contributed by atoms with Crippen LogP contribution in [0.4, 0.5) is 18.9 Å². The topological polar surface area (TPSA) is 75.3 Å². The molecule has 0 aromatic heterocycles. The van der Waals surface area contributed by atoms with Gasteiger partial charge in [0.05, 0.1) is 10.6 Å². The van der Waals surface area contributed by atoms with Crippen molar-refractivity contribution in [3.05, 3.63) is 59.4 Å². The third kappa shape index (κ3) is 3.76. The molecule has 2 aromatic rings. The molecular weight excluding hydrogens is 357 g/mol. The number of amides is 1. The van der Waals surface area contributed by atoms with E-state index in [1.165, 1.54) is 24.3 Å². The van der Waals surface area contributed by atoms with Crippen molar-refractivity contribution in [3.8, 4) is 0 Å². The van der Waals surface area contributed by atoms with Crippen molar-refractivity contribution < 1.29 is 26.4 Å². The first-order valence-corrected chi connectivity index (χ1v) is 8.83. The first-order chi connectivity index (χ1) is 11.8. The maximum atomic E-state index is 13.6. The van der Waals surface area contributed by atoms with E-state index in [-0.39, 0.29) is 22.4 Å². The Bertz CT molecular complexity index is 926. The lowest BCUT2D eigenvalue weighted by Gasteiger charge is -2.10. The molecule has 9 heteroatoms. The van der Waals surface area contributed by atoms with Gasteiger partial charge in [0.15, 0.2) is 17.5 Å². The number of halogens is 3. The quantitative estimate of drug-likeness (QED) is 0.795. The smallest absolute Gasteiger partial charge is 0.261 e. The Morgan fingerprint density at radius 3 is 2.20 bits per heavy atom. The van der Waals surface area contributed by atoms with Crippen molar-refractivity contribution >= 4 is 21.6 Å². The van der Waals surface area contributed by atoms with E-state index in [9.17, 15) is 26.4 Å². The number of anilines is 1. The van der Waals surface area contributed by atoms with E-state index in [0.29, 0.717) is 6.07 Å². The van der Waals surface area contributed by atoms with E-state index in [1.807, 2.05) is 4.72 Å². The highest BCUT2D eigenvalue weighted by Gasteiger charge is 2.24.